The zero-order chi connectivity index (χ0) is 11.2. The highest BCUT2D eigenvalue weighted by molar-refractivity contribution is 6.30. The molecule has 3 nitrogen and oxygen atoms in total. The molecule has 1 atom stereocenters. The number of benzene rings is 1. The van der Waals surface area contributed by atoms with E-state index in [0.717, 1.165) is 37.2 Å². The lowest BCUT2D eigenvalue weighted by Crippen LogP contribution is -2.47. The van der Waals surface area contributed by atoms with Gasteiger partial charge in [-0.05, 0) is 31.3 Å². The summed E-state index contributed by atoms with van der Waals surface area (Å²) in [5.74, 6) is 0.777. The number of piperidine rings is 1. The average molecular weight is 240 g/mol. The smallest absolute Gasteiger partial charge is 0.141 e. The zero-order valence-corrected chi connectivity index (χ0v) is 9.63. The van der Waals surface area contributed by atoms with Crippen molar-refractivity contribution < 1.29 is 9.84 Å². The Balaban J connectivity index is 1.99. The molecule has 1 aromatic rings. The van der Waals surface area contributed by atoms with Crippen LogP contribution in [0, 0.1) is 0 Å². The largest absolute Gasteiger partial charge is 0.484 e. The van der Waals surface area contributed by atoms with Crippen LogP contribution >= 0.6 is 11.6 Å². The van der Waals surface area contributed by atoms with Gasteiger partial charge in [0.25, 0.3) is 0 Å². The first-order chi connectivity index (χ1) is 7.71. The summed E-state index contributed by atoms with van der Waals surface area (Å²) >= 11 is 5.94. The Morgan fingerprint density at radius 2 is 2.12 bits per heavy atom. The summed E-state index contributed by atoms with van der Waals surface area (Å²) in [5.41, 5.74) is 0.396. The monoisotopic (exact) mass is 239 g/mol. The third-order valence-corrected chi connectivity index (χ3v) is 3.76. The second-order valence-corrected chi connectivity index (χ2v) is 4.94. The number of hydrogen-bond donors (Lipinski definition) is 2. The minimum atomic E-state index is -0.553. The van der Waals surface area contributed by atoms with Crippen LogP contribution in [0.2, 0.25) is 5.02 Å². The van der Waals surface area contributed by atoms with Crippen LogP contribution in [-0.4, -0.2) is 23.8 Å². The molecule has 2 N–H and O–H groups in total. The zero-order valence-electron chi connectivity index (χ0n) is 8.87. The maximum atomic E-state index is 10.4. The van der Waals surface area contributed by atoms with E-state index in [4.69, 9.17) is 16.3 Å². The number of hydrogen-bond acceptors (Lipinski definition) is 3. The maximum Gasteiger partial charge on any atom is 0.141 e. The number of aliphatic hydroxyl groups is 1. The lowest BCUT2D eigenvalue weighted by molar-refractivity contribution is -0.0484. The average Bonchev–Trinajstić information content (AvgIpc) is 2.55. The van der Waals surface area contributed by atoms with Crippen molar-refractivity contribution >= 4 is 11.6 Å². The molecular formula is C12H14ClNO2. The first-order valence-corrected chi connectivity index (χ1v) is 5.96. The normalized spacial score (nSPS) is 26.5. The second kappa shape index (κ2) is 3.62. The standard InChI is InChI=1S/C12H14ClNO2/c13-8-1-2-10-9(7-8)11(15)12(16-10)3-5-14-6-4-12/h1-2,7,11,14-15H,3-6H2. The topological polar surface area (TPSA) is 41.5 Å². The van der Waals surface area contributed by atoms with E-state index in [1.165, 1.54) is 0 Å². The van der Waals surface area contributed by atoms with E-state index < -0.39 is 11.7 Å². The van der Waals surface area contributed by atoms with Crippen LogP contribution in [0.3, 0.4) is 0 Å². The number of fused-ring (bicyclic) bond motifs is 1. The number of rotatable bonds is 0. The fourth-order valence-electron chi connectivity index (χ4n) is 2.61. The summed E-state index contributed by atoms with van der Waals surface area (Å²) in [7, 11) is 0. The van der Waals surface area contributed by atoms with Crippen LogP contribution in [-0.2, 0) is 0 Å². The number of ether oxygens (including phenoxy) is 1. The molecule has 1 saturated heterocycles. The van der Waals surface area contributed by atoms with E-state index in [1.54, 1.807) is 12.1 Å². The maximum absolute atomic E-state index is 10.4. The van der Waals surface area contributed by atoms with Crippen LogP contribution in [0.4, 0.5) is 0 Å². The molecule has 0 amide bonds. The van der Waals surface area contributed by atoms with Crippen molar-refractivity contribution in [3.8, 4) is 5.75 Å². The van der Waals surface area contributed by atoms with Gasteiger partial charge in [-0.1, -0.05) is 11.6 Å². The highest BCUT2D eigenvalue weighted by Gasteiger charge is 2.48. The lowest BCUT2D eigenvalue weighted by atomic mass is 9.85. The van der Waals surface area contributed by atoms with Crippen molar-refractivity contribution in [2.24, 2.45) is 0 Å². The van der Waals surface area contributed by atoms with Crippen LogP contribution in [0.5, 0.6) is 5.75 Å². The molecule has 1 unspecified atom stereocenters. The van der Waals surface area contributed by atoms with Gasteiger partial charge in [0.05, 0.1) is 0 Å². The summed E-state index contributed by atoms with van der Waals surface area (Å²) in [6, 6.07) is 5.45. The van der Waals surface area contributed by atoms with E-state index in [9.17, 15) is 5.11 Å². The SMILES string of the molecule is OC1c2cc(Cl)ccc2OC12CCNCC2. The minimum Gasteiger partial charge on any atom is -0.484 e. The molecule has 1 spiro atoms. The van der Waals surface area contributed by atoms with Crippen LogP contribution in [0.1, 0.15) is 24.5 Å². The highest BCUT2D eigenvalue weighted by atomic mass is 35.5. The molecule has 0 aromatic heterocycles. The van der Waals surface area contributed by atoms with Gasteiger partial charge in [0.2, 0.25) is 0 Å². The Morgan fingerprint density at radius 1 is 1.38 bits per heavy atom. The Hall–Kier alpha value is -0.770. The van der Waals surface area contributed by atoms with Crippen molar-refractivity contribution in [2.75, 3.05) is 13.1 Å². The van der Waals surface area contributed by atoms with Crippen molar-refractivity contribution in [3.63, 3.8) is 0 Å². The van der Waals surface area contributed by atoms with Gasteiger partial charge in [-0.25, -0.2) is 0 Å². The summed E-state index contributed by atoms with van der Waals surface area (Å²) in [6.45, 7) is 1.78. The van der Waals surface area contributed by atoms with Gasteiger partial charge < -0.3 is 15.2 Å². The molecular weight excluding hydrogens is 226 g/mol. The Kier molecular flexibility index (Phi) is 2.35. The molecule has 0 radical (unpaired) electrons. The molecule has 1 fully saturated rings. The second-order valence-electron chi connectivity index (χ2n) is 4.50. The Morgan fingerprint density at radius 3 is 2.88 bits per heavy atom. The molecule has 1 aromatic carbocycles. The summed E-state index contributed by atoms with van der Waals surface area (Å²) in [5, 5.41) is 14.3. The molecule has 0 aliphatic carbocycles. The molecule has 86 valence electrons. The number of aliphatic hydroxyl groups excluding tert-OH is 1. The molecule has 2 aliphatic rings. The first kappa shape index (κ1) is 10.4. The van der Waals surface area contributed by atoms with Crippen LogP contribution in [0.25, 0.3) is 0 Å². The van der Waals surface area contributed by atoms with E-state index in [1.807, 2.05) is 6.07 Å². The molecule has 0 saturated carbocycles. The van der Waals surface area contributed by atoms with Crippen molar-refractivity contribution in [2.45, 2.75) is 24.5 Å². The molecule has 2 heterocycles. The minimum absolute atomic E-state index is 0.432. The number of nitrogens with one attached hydrogen (secondary N) is 1. The van der Waals surface area contributed by atoms with Crippen LogP contribution < -0.4 is 10.1 Å². The molecule has 3 rings (SSSR count). The van der Waals surface area contributed by atoms with Gasteiger partial charge in [-0.2, -0.15) is 0 Å². The van der Waals surface area contributed by atoms with Crippen LogP contribution in [0.15, 0.2) is 18.2 Å². The Labute approximate surface area is 99.4 Å². The predicted molar refractivity (Wildman–Crippen MR) is 61.9 cm³/mol. The first-order valence-electron chi connectivity index (χ1n) is 5.59. The summed E-state index contributed by atoms with van der Waals surface area (Å²) < 4.78 is 5.95. The van der Waals surface area contributed by atoms with E-state index >= 15 is 0 Å². The third kappa shape index (κ3) is 1.43. The van der Waals surface area contributed by atoms with Gasteiger partial charge in [0.1, 0.15) is 17.5 Å². The number of halogens is 1. The van der Waals surface area contributed by atoms with Gasteiger partial charge >= 0.3 is 0 Å². The Bertz CT molecular complexity index is 415. The quantitative estimate of drug-likeness (QED) is 0.727. The molecule has 4 heteroatoms. The van der Waals surface area contributed by atoms with Crippen molar-refractivity contribution in [1.29, 1.82) is 0 Å². The van der Waals surface area contributed by atoms with Crippen molar-refractivity contribution in [1.82, 2.24) is 5.32 Å². The van der Waals surface area contributed by atoms with Gasteiger partial charge in [-0.3, -0.25) is 0 Å². The third-order valence-electron chi connectivity index (χ3n) is 3.53. The highest BCUT2D eigenvalue weighted by Crippen LogP contribution is 2.48. The van der Waals surface area contributed by atoms with Gasteiger partial charge in [-0.15, -0.1) is 0 Å². The fourth-order valence-corrected chi connectivity index (χ4v) is 2.79. The van der Waals surface area contributed by atoms with E-state index in [2.05, 4.69) is 5.32 Å². The fraction of sp³-hybridized carbons (Fsp3) is 0.500. The summed E-state index contributed by atoms with van der Waals surface area (Å²) in [4.78, 5) is 0. The van der Waals surface area contributed by atoms with Gasteiger partial charge in [0, 0.05) is 23.4 Å². The predicted octanol–water partition coefficient (Wildman–Crippen LogP) is 1.89. The van der Waals surface area contributed by atoms with Crippen molar-refractivity contribution in [3.05, 3.63) is 28.8 Å². The van der Waals surface area contributed by atoms with Gasteiger partial charge in [0.15, 0.2) is 0 Å². The summed E-state index contributed by atoms with van der Waals surface area (Å²) in [6.07, 6.45) is 1.12. The van der Waals surface area contributed by atoms with E-state index in [-0.39, 0.29) is 0 Å². The molecule has 0 bridgehead atoms. The van der Waals surface area contributed by atoms with E-state index in [0.29, 0.717) is 5.02 Å². The molecule has 2 aliphatic heterocycles. The molecule has 16 heavy (non-hydrogen) atoms. The lowest BCUT2D eigenvalue weighted by Gasteiger charge is -2.35.